The number of aromatic nitrogens is 2. The summed E-state index contributed by atoms with van der Waals surface area (Å²) in [6.45, 7) is 2.41. The van der Waals surface area contributed by atoms with Crippen LogP contribution in [0.25, 0.3) is 0 Å². The number of aryl methyl sites for hydroxylation is 1. The topological polar surface area (TPSA) is 97.5 Å². The Kier molecular flexibility index (Phi) is 4.65. The molecule has 0 bridgehead atoms. The Hall–Kier alpha value is -2.70. The molecule has 112 valence electrons. The number of hydrogen-bond acceptors (Lipinski definition) is 4. The number of benzene rings is 1. The Bertz CT molecular complexity index is 636. The van der Waals surface area contributed by atoms with Crippen molar-refractivity contribution in [2.24, 2.45) is 10.7 Å². The minimum atomic E-state index is 0.322. The quantitative estimate of drug-likeness (QED) is 0.574. The van der Waals surface area contributed by atoms with Gasteiger partial charge >= 0.3 is 0 Å². The van der Waals surface area contributed by atoms with Crippen molar-refractivity contribution in [3.8, 4) is 11.5 Å². The molecule has 0 saturated carbocycles. The lowest BCUT2D eigenvalue weighted by Gasteiger charge is -2.10. The van der Waals surface area contributed by atoms with E-state index in [1.807, 2.05) is 13.0 Å². The second kappa shape index (κ2) is 6.65. The summed E-state index contributed by atoms with van der Waals surface area (Å²) in [4.78, 5) is 4.27. The van der Waals surface area contributed by atoms with Crippen molar-refractivity contribution < 1.29 is 9.47 Å². The fourth-order valence-electron chi connectivity index (χ4n) is 1.81. The number of H-pyrrole nitrogens is 1. The van der Waals surface area contributed by atoms with E-state index in [0.29, 0.717) is 24.0 Å². The van der Waals surface area contributed by atoms with Crippen LogP contribution in [0.15, 0.2) is 29.4 Å². The Balaban J connectivity index is 2.05. The van der Waals surface area contributed by atoms with Crippen LogP contribution in [0.1, 0.15) is 11.3 Å². The number of nitrogens with two attached hydrogens (primary N) is 1. The smallest absolute Gasteiger partial charge is 0.193 e. The highest BCUT2D eigenvalue weighted by molar-refractivity contribution is 5.92. The maximum Gasteiger partial charge on any atom is 0.193 e. The van der Waals surface area contributed by atoms with E-state index < -0.39 is 0 Å². The average molecular weight is 289 g/mol. The number of ether oxygens (including phenoxy) is 2. The molecule has 0 atom stereocenters. The Morgan fingerprint density at radius 1 is 1.33 bits per heavy atom. The van der Waals surface area contributed by atoms with Gasteiger partial charge < -0.3 is 20.5 Å². The highest BCUT2D eigenvalue weighted by Crippen LogP contribution is 2.29. The highest BCUT2D eigenvalue weighted by Gasteiger charge is 2.05. The van der Waals surface area contributed by atoms with Gasteiger partial charge in [0, 0.05) is 23.0 Å². The monoisotopic (exact) mass is 289 g/mol. The molecule has 21 heavy (non-hydrogen) atoms. The molecule has 7 nitrogen and oxygen atoms in total. The van der Waals surface area contributed by atoms with Gasteiger partial charge in [-0.25, -0.2) is 4.99 Å². The van der Waals surface area contributed by atoms with E-state index in [1.165, 1.54) is 0 Å². The molecule has 0 radical (unpaired) electrons. The summed E-state index contributed by atoms with van der Waals surface area (Å²) in [5, 5.41) is 9.81. The lowest BCUT2D eigenvalue weighted by Crippen LogP contribution is -2.22. The van der Waals surface area contributed by atoms with Crippen molar-refractivity contribution in [2.45, 2.75) is 13.5 Å². The van der Waals surface area contributed by atoms with Gasteiger partial charge in [0.25, 0.3) is 0 Å². The first-order valence-electron chi connectivity index (χ1n) is 6.42. The first kappa shape index (κ1) is 14.7. The van der Waals surface area contributed by atoms with E-state index >= 15 is 0 Å². The summed E-state index contributed by atoms with van der Waals surface area (Å²) in [5.74, 6) is 1.61. The normalized spacial score (nSPS) is 11.3. The number of aromatic amines is 1. The van der Waals surface area contributed by atoms with Crippen molar-refractivity contribution in [2.75, 3.05) is 19.5 Å². The minimum absolute atomic E-state index is 0.322. The first-order chi connectivity index (χ1) is 10.1. The number of nitrogens with zero attached hydrogens (tertiary/aromatic N) is 2. The van der Waals surface area contributed by atoms with Gasteiger partial charge in [0.05, 0.1) is 27.0 Å². The maximum absolute atomic E-state index is 5.87. The van der Waals surface area contributed by atoms with Gasteiger partial charge in [0.2, 0.25) is 0 Å². The first-order valence-corrected chi connectivity index (χ1v) is 6.42. The molecular weight excluding hydrogens is 270 g/mol. The highest BCUT2D eigenvalue weighted by atomic mass is 16.5. The number of nitrogens with one attached hydrogen (secondary N) is 2. The van der Waals surface area contributed by atoms with Gasteiger partial charge in [-0.15, -0.1) is 0 Å². The Morgan fingerprint density at radius 3 is 2.71 bits per heavy atom. The van der Waals surface area contributed by atoms with E-state index in [2.05, 4.69) is 20.5 Å². The zero-order chi connectivity index (χ0) is 15.2. The number of hydrogen-bond donors (Lipinski definition) is 3. The number of anilines is 1. The zero-order valence-electron chi connectivity index (χ0n) is 12.3. The van der Waals surface area contributed by atoms with Gasteiger partial charge in [0.1, 0.15) is 0 Å². The minimum Gasteiger partial charge on any atom is -0.493 e. The van der Waals surface area contributed by atoms with Crippen LogP contribution in [0.4, 0.5) is 5.69 Å². The molecule has 0 aliphatic carbocycles. The summed E-state index contributed by atoms with van der Waals surface area (Å²) in [6.07, 6.45) is 1.74. The third-order valence-corrected chi connectivity index (χ3v) is 3.01. The fourth-order valence-corrected chi connectivity index (χ4v) is 1.81. The SMILES string of the molecule is COc1ccc(NC(N)=NCc2cn[nH]c2C)cc1OC. The predicted octanol–water partition coefficient (Wildman–Crippen LogP) is 1.66. The number of methoxy groups -OCH3 is 2. The van der Waals surface area contributed by atoms with Crippen molar-refractivity contribution >= 4 is 11.6 Å². The number of rotatable bonds is 5. The Morgan fingerprint density at radius 2 is 2.10 bits per heavy atom. The van der Waals surface area contributed by atoms with Crippen molar-refractivity contribution in [3.05, 3.63) is 35.7 Å². The molecule has 0 spiro atoms. The summed E-state index contributed by atoms with van der Waals surface area (Å²) in [7, 11) is 3.18. The molecule has 1 aromatic carbocycles. The Labute approximate surface area is 123 Å². The van der Waals surface area contributed by atoms with Gasteiger partial charge in [0.15, 0.2) is 17.5 Å². The third-order valence-electron chi connectivity index (χ3n) is 3.01. The van der Waals surface area contributed by atoms with Crippen molar-refractivity contribution in [1.29, 1.82) is 0 Å². The van der Waals surface area contributed by atoms with Gasteiger partial charge in [-0.1, -0.05) is 0 Å². The van der Waals surface area contributed by atoms with Crippen LogP contribution in [-0.2, 0) is 6.54 Å². The molecule has 2 aromatic rings. The molecule has 4 N–H and O–H groups in total. The third kappa shape index (κ3) is 3.65. The molecule has 0 unspecified atom stereocenters. The molecule has 0 aliphatic heterocycles. The average Bonchev–Trinajstić information content (AvgIpc) is 2.90. The zero-order valence-corrected chi connectivity index (χ0v) is 12.3. The number of aliphatic imine (C=N–C) groups is 1. The summed E-state index contributed by atoms with van der Waals surface area (Å²) < 4.78 is 10.4. The predicted molar refractivity (Wildman–Crippen MR) is 81.8 cm³/mol. The van der Waals surface area contributed by atoms with Gasteiger partial charge in [-0.05, 0) is 19.1 Å². The lowest BCUT2D eigenvalue weighted by molar-refractivity contribution is 0.355. The molecule has 0 aliphatic rings. The lowest BCUT2D eigenvalue weighted by atomic mass is 10.2. The largest absolute Gasteiger partial charge is 0.493 e. The second-order valence-electron chi connectivity index (χ2n) is 4.42. The fraction of sp³-hybridized carbons (Fsp3) is 0.286. The molecule has 2 rings (SSSR count). The van der Waals surface area contributed by atoms with Gasteiger partial charge in [-0.3, -0.25) is 5.10 Å². The second-order valence-corrected chi connectivity index (χ2v) is 4.42. The molecule has 0 amide bonds. The summed E-state index contributed by atoms with van der Waals surface area (Å²) >= 11 is 0. The van der Waals surface area contributed by atoms with E-state index in [-0.39, 0.29) is 0 Å². The van der Waals surface area contributed by atoms with E-state index in [9.17, 15) is 0 Å². The standard InChI is InChI=1S/C14H19N5O2/c1-9-10(8-17-19-9)7-16-14(15)18-11-4-5-12(20-2)13(6-11)21-3/h4-6,8H,7H2,1-3H3,(H,17,19)(H3,15,16,18). The molecule has 0 fully saturated rings. The maximum atomic E-state index is 5.87. The van der Waals surface area contributed by atoms with Crippen molar-refractivity contribution in [3.63, 3.8) is 0 Å². The van der Waals surface area contributed by atoms with Crippen LogP contribution in [0.2, 0.25) is 0 Å². The van der Waals surface area contributed by atoms with Crippen LogP contribution < -0.4 is 20.5 Å². The van der Waals surface area contributed by atoms with E-state index in [0.717, 1.165) is 16.9 Å². The van der Waals surface area contributed by atoms with Gasteiger partial charge in [-0.2, -0.15) is 5.10 Å². The van der Waals surface area contributed by atoms with Crippen LogP contribution in [0, 0.1) is 6.92 Å². The number of guanidine groups is 1. The summed E-state index contributed by atoms with van der Waals surface area (Å²) in [5.41, 5.74) is 8.64. The molecule has 1 heterocycles. The van der Waals surface area contributed by atoms with Crippen LogP contribution in [0.3, 0.4) is 0 Å². The molecule has 1 aromatic heterocycles. The van der Waals surface area contributed by atoms with Crippen LogP contribution in [-0.4, -0.2) is 30.4 Å². The van der Waals surface area contributed by atoms with Crippen LogP contribution in [0.5, 0.6) is 11.5 Å². The van der Waals surface area contributed by atoms with Crippen LogP contribution >= 0.6 is 0 Å². The summed E-state index contributed by atoms with van der Waals surface area (Å²) in [6, 6.07) is 5.44. The van der Waals surface area contributed by atoms with Crippen molar-refractivity contribution in [1.82, 2.24) is 10.2 Å². The molecule has 7 heteroatoms. The molecular formula is C14H19N5O2. The van der Waals surface area contributed by atoms with E-state index in [1.54, 1.807) is 32.5 Å². The molecule has 0 saturated heterocycles. The van der Waals surface area contributed by atoms with E-state index in [4.69, 9.17) is 15.2 Å².